The summed E-state index contributed by atoms with van der Waals surface area (Å²) in [5.74, 6) is 1.07. The number of nitrogens with one attached hydrogen (secondary N) is 1. The highest BCUT2D eigenvalue weighted by molar-refractivity contribution is 6.31. The minimum absolute atomic E-state index is 0.107. The molecule has 4 nitrogen and oxygen atoms in total. The van der Waals surface area contributed by atoms with E-state index >= 15 is 0 Å². The Hall–Kier alpha value is -1.81. The van der Waals surface area contributed by atoms with E-state index in [4.69, 9.17) is 11.6 Å². The van der Waals surface area contributed by atoms with Gasteiger partial charge in [0, 0.05) is 41.8 Å². The Morgan fingerprint density at radius 2 is 2.17 bits per heavy atom. The first kappa shape index (κ1) is 14.8. The second-order valence-corrected chi connectivity index (χ2v) is 7.01. The largest absolute Gasteiger partial charge is 0.342 e. The summed E-state index contributed by atoms with van der Waals surface area (Å²) in [6.45, 7) is 1.67. The van der Waals surface area contributed by atoms with Crippen LogP contribution in [0, 0.1) is 5.92 Å². The van der Waals surface area contributed by atoms with Gasteiger partial charge in [0.15, 0.2) is 0 Å². The maximum absolute atomic E-state index is 12.8. The highest BCUT2D eigenvalue weighted by Gasteiger charge is 2.47. The maximum atomic E-state index is 12.8. The fraction of sp³-hybridized carbons (Fsp3) is 0.444. The van der Waals surface area contributed by atoms with Gasteiger partial charge in [0.1, 0.15) is 0 Å². The van der Waals surface area contributed by atoms with Crippen molar-refractivity contribution in [3.05, 3.63) is 52.8 Å². The number of aromatic nitrogens is 2. The number of likely N-dealkylation sites (tertiary alicyclic amines) is 1. The van der Waals surface area contributed by atoms with E-state index in [0.717, 1.165) is 48.6 Å². The van der Waals surface area contributed by atoms with Crippen molar-refractivity contribution in [2.75, 3.05) is 13.1 Å². The van der Waals surface area contributed by atoms with E-state index in [1.54, 1.807) is 6.20 Å². The van der Waals surface area contributed by atoms with Gasteiger partial charge < -0.3 is 4.90 Å². The Morgan fingerprint density at radius 3 is 2.96 bits per heavy atom. The first-order chi connectivity index (χ1) is 11.2. The molecule has 1 aromatic heterocycles. The van der Waals surface area contributed by atoms with Crippen LogP contribution in [0.5, 0.6) is 0 Å². The number of hydrogen-bond donors (Lipinski definition) is 1. The van der Waals surface area contributed by atoms with Gasteiger partial charge in [0.25, 0.3) is 0 Å². The molecule has 1 aromatic carbocycles. The molecule has 2 aliphatic rings. The number of aromatic amines is 1. The Morgan fingerprint density at radius 1 is 1.30 bits per heavy atom. The van der Waals surface area contributed by atoms with Crippen LogP contribution < -0.4 is 0 Å². The first-order valence-electron chi connectivity index (χ1n) is 8.26. The number of benzene rings is 1. The van der Waals surface area contributed by atoms with Gasteiger partial charge in [0.2, 0.25) is 5.91 Å². The molecule has 2 heterocycles. The molecule has 0 bridgehead atoms. The second-order valence-electron chi connectivity index (χ2n) is 6.61. The van der Waals surface area contributed by atoms with Crippen LogP contribution in [0.1, 0.15) is 42.4 Å². The fourth-order valence-electron chi connectivity index (χ4n) is 3.75. The number of piperidine rings is 1. The van der Waals surface area contributed by atoms with Crippen LogP contribution in [-0.4, -0.2) is 34.1 Å². The predicted octanol–water partition coefficient (Wildman–Crippen LogP) is 3.57. The Labute approximate surface area is 140 Å². The quantitative estimate of drug-likeness (QED) is 0.935. The van der Waals surface area contributed by atoms with Crippen molar-refractivity contribution in [3.63, 3.8) is 0 Å². The molecule has 4 rings (SSSR count). The normalized spacial score (nSPS) is 27.0. The molecule has 0 spiro atoms. The average Bonchev–Trinajstić information content (AvgIpc) is 3.17. The summed E-state index contributed by atoms with van der Waals surface area (Å²) >= 11 is 6.27. The predicted molar refractivity (Wildman–Crippen MR) is 89.4 cm³/mol. The van der Waals surface area contributed by atoms with Crippen LogP contribution in [0.2, 0.25) is 5.02 Å². The number of carbonyl (C=O) groups is 1. The monoisotopic (exact) mass is 329 g/mol. The molecule has 0 radical (unpaired) electrons. The Bertz CT molecular complexity index is 700. The molecule has 3 unspecified atom stereocenters. The maximum Gasteiger partial charge on any atom is 0.226 e. The third kappa shape index (κ3) is 2.88. The molecule has 5 heteroatoms. The molecule has 120 valence electrons. The SMILES string of the molecule is O=C(C1CC1c1ccccc1Cl)N1CCCC(c2ccn[nH]2)C1. The van der Waals surface area contributed by atoms with Crippen molar-refractivity contribution >= 4 is 17.5 Å². The van der Waals surface area contributed by atoms with Gasteiger partial charge in [-0.2, -0.15) is 5.10 Å². The van der Waals surface area contributed by atoms with Gasteiger partial charge in [-0.3, -0.25) is 9.89 Å². The summed E-state index contributed by atoms with van der Waals surface area (Å²) in [7, 11) is 0. The lowest BCUT2D eigenvalue weighted by Gasteiger charge is -2.32. The van der Waals surface area contributed by atoms with Crippen molar-refractivity contribution in [2.45, 2.75) is 31.1 Å². The standard InChI is InChI=1S/C18H20ClN3O/c19-16-6-2-1-5-13(16)14-10-15(14)18(23)22-9-3-4-12(11-22)17-7-8-20-21-17/h1-2,5-8,12,14-15H,3-4,9-11H2,(H,20,21). The number of hydrogen-bond acceptors (Lipinski definition) is 2. The van der Waals surface area contributed by atoms with Crippen molar-refractivity contribution in [3.8, 4) is 0 Å². The smallest absolute Gasteiger partial charge is 0.226 e. The third-order valence-corrected chi connectivity index (χ3v) is 5.45. The van der Waals surface area contributed by atoms with Crippen LogP contribution in [0.25, 0.3) is 0 Å². The highest BCUT2D eigenvalue weighted by Crippen LogP contribution is 2.50. The molecule has 1 aliphatic heterocycles. The first-order valence-corrected chi connectivity index (χ1v) is 8.64. The summed E-state index contributed by atoms with van der Waals surface area (Å²) < 4.78 is 0. The van der Waals surface area contributed by atoms with Crippen LogP contribution in [0.3, 0.4) is 0 Å². The molecular weight excluding hydrogens is 310 g/mol. The van der Waals surface area contributed by atoms with Gasteiger partial charge in [-0.25, -0.2) is 0 Å². The molecule has 2 fully saturated rings. The second kappa shape index (κ2) is 6.00. The topological polar surface area (TPSA) is 49.0 Å². The lowest BCUT2D eigenvalue weighted by molar-refractivity contribution is -0.133. The number of rotatable bonds is 3. The zero-order valence-corrected chi connectivity index (χ0v) is 13.7. The molecule has 1 aliphatic carbocycles. The van der Waals surface area contributed by atoms with Crippen molar-refractivity contribution in [2.24, 2.45) is 5.92 Å². The van der Waals surface area contributed by atoms with Gasteiger partial charge in [-0.05, 0) is 42.9 Å². The average molecular weight is 330 g/mol. The van der Waals surface area contributed by atoms with E-state index in [9.17, 15) is 4.79 Å². The number of halogens is 1. The number of carbonyl (C=O) groups excluding carboxylic acids is 1. The number of nitrogens with zero attached hydrogens (tertiary/aromatic N) is 2. The van der Waals surface area contributed by atoms with Gasteiger partial charge in [-0.15, -0.1) is 0 Å². The van der Waals surface area contributed by atoms with Crippen LogP contribution in [0.15, 0.2) is 36.5 Å². The van der Waals surface area contributed by atoms with E-state index in [0.29, 0.717) is 17.7 Å². The van der Waals surface area contributed by atoms with Crippen molar-refractivity contribution < 1.29 is 4.79 Å². The number of H-pyrrole nitrogens is 1. The minimum atomic E-state index is 0.107. The number of amides is 1. The van der Waals surface area contributed by atoms with Crippen LogP contribution >= 0.6 is 11.6 Å². The molecule has 1 amide bonds. The zero-order chi connectivity index (χ0) is 15.8. The van der Waals surface area contributed by atoms with Crippen molar-refractivity contribution in [1.82, 2.24) is 15.1 Å². The lowest BCUT2D eigenvalue weighted by atomic mass is 9.94. The van der Waals surface area contributed by atoms with E-state index in [1.165, 1.54) is 0 Å². The van der Waals surface area contributed by atoms with E-state index in [-0.39, 0.29) is 5.92 Å². The Balaban J connectivity index is 1.43. The van der Waals surface area contributed by atoms with E-state index < -0.39 is 0 Å². The molecule has 2 aromatic rings. The molecular formula is C18H20ClN3O. The molecule has 23 heavy (non-hydrogen) atoms. The Kier molecular flexibility index (Phi) is 3.85. The summed E-state index contributed by atoms with van der Waals surface area (Å²) in [4.78, 5) is 14.9. The molecule has 1 N–H and O–H groups in total. The fourth-order valence-corrected chi connectivity index (χ4v) is 4.02. The lowest BCUT2D eigenvalue weighted by Crippen LogP contribution is -2.40. The van der Waals surface area contributed by atoms with Gasteiger partial charge in [-0.1, -0.05) is 29.8 Å². The summed E-state index contributed by atoms with van der Waals surface area (Å²) in [5.41, 5.74) is 2.26. The minimum Gasteiger partial charge on any atom is -0.342 e. The van der Waals surface area contributed by atoms with Crippen molar-refractivity contribution in [1.29, 1.82) is 0 Å². The molecule has 3 atom stereocenters. The summed E-state index contributed by atoms with van der Waals surface area (Å²) in [6, 6.07) is 9.90. The van der Waals surface area contributed by atoms with E-state index in [1.807, 2.05) is 35.2 Å². The third-order valence-electron chi connectivity index (χ3n) is 5.11. The highest BCUT2D eigenvalue weighted by atomic mass is 35.5. The van der Waals surface area contributed by atoms with Crippen LogP contribution in [0.4, 0.5) is 0 Å². The van der Waals surface area contributed by atoms with Crippen LogP contribution in [-0.2, 0) is 4.79 Å². The summed E-state index contributed by atoms with van der Waals surface area (Å²) in [5, 5.41) is 7.86. The summed E-state index contributed by atoms with van der Waals surface area (Å²) in [6.07, 6.45) is 4.88. The van der Waals surface area contributed by atoms with Gasteiger partial charge in [0.05, 0.1) is 0 Å². The molecule has 1 saturated heterocycles. The van der Waals surface area contributed by atoms with E-state index in [2.05, 4.69) is 10.2 Å². The molecule has 1 saturated carbocycles. The zero-order valence-electron chi connectivity index (χ0n) is 12.9. The van der Waals surface area contributed by atoms with Gasteiger partial charge >= 0.3 is 0 Å².